The quantitative estimate of drug-likeness (QED) is 0.184. The molecule has 2 aromatic heterocycles. The number of aliphatic hydroxyl groups is 1. The molecule has 3 aliphatic rings. The second-order valence-corrected chi connectivity index (χ2v) is 17.3. The minimum absolute atomic E-state index is 0.130. The van der Waals surface area contributed by atoms with Crippen molar-refractivity contribution < 1.29 is 48.0 Å². The van der Waals surface area contributed by atoms with Crippen LogP contribution in [0.15, 0.2) is 37.1 Å². The van der Waals surface area contributed by atoms with Crippen LogP contribution in [0.5, 0.6) is 0 Å². The predicted molar refractivity (Wildman–Crippen MR) is 214 cm³/mol. The number of amides is 1. The highest BCUT2D eigenvalue weighted by Crippen LogP contribution is 2.43. The van der Waals surface area contributed by atoms with E-state index in [1.807, 2.05) is 62.7 Å². The molecule has 13 atom stereocenters. The van der Waals surface area contributed by atoms with Crippen molar-refractivity contribution in [3.05, 3.63) is 37.1 Å². The summed E-state index contributed by atoms with van der Waals surface area (Å²) in [7, 11) is 5.24. The monoisotopic (exact) mass is 811 g/mol. The normalized spacial score (nSPS) is 36.7. The van der Waals surface area contributed by atoms with Crippen molar-refractivity contribution in [2.75, 3.05) is 27.7 Å². The number of nitrogens with zero attached hydrogens (tertiary/aromatic N) is 5. The smallest absolute Gasteiger partial charge is 0.410 e. The summed E-state index contributed by atoms with van der Waals surface area (Å²) < 4.78 is 33.2. The highest BCUT2D eigenvalue weighted by Gasteiger charge is 2.60. The molecule has 2 unspecified atom stereocenters. The van der Waals surface area contributed by atoms with Crippen LogP contribution in [0.4, 0.5) is 4.79 Å². The van der Waals surface area contributed by atoms with Gasteiger partial charge in [-0.1, -0.05) is 27.7 Å². The molecule has 0 aliphatic carbocycles. The fraction of sp³-hybridized carbons (Fsp3) is 0.721. The van der Waals surface area contributed by atoms with Crippen LogP contribution in [0.1, 0.15) is 87.5 Å². The van der Waals surface area contributed by atoms with Gasteiger partial charge in [0, 0.05) is 68.1 Å². The van der Waals surface area contributed by atoms with Crippen LogP contribution in [0.25, 0.3) is 11.3 Å². The maximum Gasteiger partial charge on any atom is 0.410 e. The van der Waals surface area contributed by atoms with Gasteiger partial charge in [-0.05, 0) is 86.0 Å². The van der Waals surface area contributed by atoms with Gasteiger partial charge in [0.2, 0.25) is 0 Å². The van der Waals surface area contributed by atoms with Gasteiger partial charge in [-0.15, -0.1) is 0 Å². The number of hydrogen-bond donors (Lipinski definition) is 1. The molecule has 5 heterocycles. The lowest BCUT2D eigenvalue weighted by molar-refractivity contribution is -0.295. The van der Waals surface area contributed by atoms with E-state index in [4.69, 9.17) is 23.7 Å². The first-order valence-corrected chi connectivity index (χ1v) is 20.8. The maximum absolute atomic E-state index is 14.7. The van der Waals surface area contributed by atoms with Crippen molar-refractivity contribution in [1.29, 1.82) is 0 Å². The molecule has 15 heteroatoms. The first-order valence-electron chi connectivity index (χ1n) is 20.8. The Labute approximate surface area is 343 Å². The van der Waals surface area contributed by atoms with Crippen molar-refractivity contribution in [3.63, 3.8) is 0 Å². The minimum atomic E-state index is -1.40. The van der Waals surface area contributed by atoms with E-state index in [2.05, 4.69) is 9.97 Å². The fourth-order valence-electron chi connectivity index (χ4n) is 9.43. The molecule has 5 rings (SSSR count). The fourth-order valence-corrected chi connectivity index (χ4v) is 9.43. The number of rotatable bonds is 11. The summed E-state index contributed by atoms with van der Waals surface area (Å²) in [6, 6.07) is 2.74. The number of aromatic nitrogens is 3. The summed E-state index contributed by atoms with van der Waals surface area (Å²) in [5, 5.41) is 11.4. The number of aryl methyl sites for hydroxylation is 1. The second-order valence-electron chi connectivity index (χ2n) is 17.3. The third-order valence-corrected chi connectivity index (χ3v) is 12.8. The highest BCUT2D eigenvalue weighted by molar-refractivity contribution is 6.00. The Balaban J connectivity index is 1.43. The molecule has 0 bridgehead atoms. The van der Waals surface area contributed by atoms with Gasteiger partial charge in [-0.3, -0.25) is 19.4 Å². The number of hydrogen-bond acceptors (Lipinski definition) is 13. The Bertz CT molecular complexity index is 1740. The standard InChI is InChI=1S/C43H65N5O10/c1-12-33-43(8)37(48(41(53)58-43)19-14-13-18-47-23-31(45-24-47)30-16-15-17-44-22-30)27(4)34(49)25(2)21-42(7,54-11)38(28(5)35(50)29(6)39(52)56-33)57-40-36(51)32(46(9)10)20-26(3)55-40/h15-17,22-29,32-33,36-38,40,51H,12-14,18-21H2,1-11H3/t25-,26-,27-,28+,29-,32+,33-,36+,37?,38-,40?,42+,43-/m1/s1. The first kappa shape index (κ1) is 45.3. The summed E-state index contributed by atoms with van der Waals surface area (Å²) >= 11 is 0. The van der Waals surface area contributed by atoms with Gasteiger partial charge in [-0.2, -0.15) is 0 Å². The van der Waals surface area contributed by atoms with Crippen LogP contribution < -0.4 is 0 Å². The van der Waals surface area contributed by atoms with E-state index < -0.39 is 83.4 Å². The number of likely N-dealkylation sites (N-methyl/N-ethyl adjacent to an activating group) is 1. The van der Waals surface area contributed by atoms with Gasteiger partial charge in [0.1, 0.15) is 23.9 Å². The summed E-state index contributed by atoms with van der Waals surface area (Å²) in [4.78, 5) is 69.0. The molecular weight excluding hydrogens is 746 g/mol. The van der Waals surface area contributed by atoms with E-state index in [0.717, 1.165) is 11.3 Å². The second kappa shape index (κ2) is 18.7. The number of esters is 1. The molecule has 322 valence electrons. The number of cyclic esters (lactones) is 1. The van der Waals surface area contributed by atoms with Gasteiger partial charge in [0.25, 0.3) is 0 Å². The molecule has 3 saturated heterocycles. The van der Waals surface area contributed by atoms with Crippen molar-refractivity contribution in [1.82, 2.24) is 24.3 Å². The molecule has 2 aromatic rings. The molecule has 0 spiro atoms. The molecule has 0 saturated carbocycles. The van der Waals surface area contributed by atoms with Gasteiger partial charge in [0.05, 0.1) is 35.9 Å². The maximum atomic E-state index is 14.7. The molecule has 15 nitrogen and oxygen atoms in total. The van der Waals surface area contributed by atoms with Crippen LogP contribution in [0, 0.1) is 23.7 Å². The number of pyridine rings is 1. The Hall–Kier alpha value is -3.76. The average molecular weight is 812 g/mol. The number of methoxy groups -OCH3 is 1. The number of ketones is 2. The van der Waals surface area contributed by atoms with Crippen LogP contribution >= 0.6 is 0 Å². The summed E-state index contributed by atoms with van der Waals surface area (Å²) in [5.74, 6) is -4.95. The number of carbonyl (C=O) groups is 4. The Morgan fingerprint density at radius 1 is 1.02 bits per heavy atom. The summed E-state index contributed by atoms with van der Waals surface area (Å²) in [5.41, 5.74) is -0.938. The predicted octanol–water partition coefficient (Wildman–Crippen LogP) is 4.93. The van der Waals surface area contributed by atoms with Crippen molar-refractivity contribution in [2.24, 2.45) is 23.7 Å². The lowest BCUT2D eigenvalue weighted by atomic mass is 9.73. The van der Waals surface area contributed by atoms with Crippen molar-refractivity contribution in [3.8, 4) is 11.3 Å². The number of carbonyl (C=O) groups excluding carboxylic acids is 4. The number of fused-ring (bicyclic) bond motifs is 1. The third-order valence-electron chi connectivity index (χ3n) is 12.8. The molecule has 58 heavy (non-hydrogen) atoms. The number of Topliss-reactive ketones (excluding diaryl/α,β-unsaturated/α-hetero) is 2. The SMILES string of the molecule is CC[C@H]1OC(=O)[C@H](C)C(=O)[C@H](C)[C@@H](OC2O[C@H](C)C[C@H](N(C)C)[C@@H]2O)[C@@](C)(OC)C[C@@H](C)C(=O)[C@@H](C)C2N(CCCCn3cnc(-c4cccnc4)c3)C(=O)O[C@@]21C. The van der Waals surface area contributed by atoms with Crippen molar-refractivity contribution in [2.45, 2.75) is 148 Å². The number of imidazole rings is 1. The number of unbranched alkanes of at least 4 members (excludes halogenated alkanes) is 1. The van der Waals surface area contributed by atoms with E-state index >= 15 is 0 Å². The molecule has 0 radical (unpaired) electrons. The summed E-state index contributed by atoms with van der Waals surface area (Å²) in [6.45, 7) is 14.9. The van der Waals surface area contributed by atoms with Crippen LogP contribution in [-0.2, 0) is 44.6 Å². The molecule has 1 N–H and O–H groups in total. The van der Waals surface area contributed by atoms with E-state index in [1.54, 1.807) is 51.3 Å². The average Bonchev–Trinajstić information content (AvgIpc) is 3.78. The number of ether oxygens (including phenoxy) is 5. The van der Waals surface area contributed by atoms with E-state index in [-0.39, 0.29) is 30.8 Å². The van der Waals surface area contributed by atoms with E-state index in [9.17, 15) is 24.3 Å². The Kier molecular flexibility index (Phi) is 14.6. The third kappa shape index (κ3) is 9.33. The minimum Gasteiger partial charge on any atom is -0.458 e. The van der Waals surface area contributed by atoms with E-state index in [0.29, 0.717) is 32.4 Å². The highest BCUT2D eigenvalue weighted by atomic mass is 16.7. The lowest BCUT2D eigenvalue weighted by Gasteiger charge is -2.47. The molecule has 3 aliphatic heterocycles. The lowest BCUT2D eigenvalue weighted by Crippen LogP contribution is -2.60. The Morgan fingerprint density at radius 3 is 2.36 bits per heavy atom. The molecular formula is C43H65N5O10. The van der Waals surface area contributed by atoms with Gasteiger partial charge < -0.3 is 43.2 Å². The van der Waals surface area contributed by atoms with Crippen LogP contribution in [0.2, 0.25) is 0 Å². The largest absolute Gasteiger partial charge is 0.458 e. The Morgan fingerprint density at radius 2 is 1.72 bits per heavy atom. The van der Waals surface area contributed by atoms with Crippen LogP contribution in [-0.4, -0.2) is 135 Å². The zero-order chi connectivity index (χ0) is 42.7. The first-order chi connectivity index (χ1) is 27.4. The zero-order valence-corrected chi connectivity index (χ0v) is 36.1. The van der Waals surface area contributed by atoms with Crippen LogP contribution in [0.3, 0.4) is 0 Å². The number of aliphatic hydroxyl groups excluding tert-OH is 1. The summed E-state index contributed by atoms with van der Waals surface area (Å²) in [6.07, 6.45) is 4.45. The zero-order valence-electron chi connectivity index (χ0n) is 36.1. The van der Waals surface area contributed by atoms with Gasteiger partial charge in [0.15, 0.2) is 17.7 Å². The van der Waals surface area contributed by atoms with E-state index in [1.165, 1.54) is 14.0 Å². The van der Waals surface area contributed by atoms with Gasteiger partial charge in [-0.25, -0.2) is 9.78 Å². The van der Waals surface area contributed by atoms with Gasteiger partial charge >= 0.3 is 12.1 Å². The molecule has 3 fully saturated rings. The topological polar surface area (TPSA) is 172 Å². The molecule has 0 aromatic carbocycles. The molecule has 1 amide bonds. The van der Waals surface area contributed by atoms with Crippen molar-refractivity contribution >= 4 is 23.6 Å².